The number of carbonyl (C=O) groups is 1. The van der Waals surface area contributed by atoms with Crippen LogP contribution in [0.3, 0.4) is 0 Å². The van der Waals surface area contributed by atoms with E-state index in [0.717, 1.165) is 32.5 Å². The number of hydrogen-bond acceptors (Lipinski definition) is 3. The molecule has 2 fully saturated rings. The largest absolute Gasteiger partial charge is 0.335 e. The minimum absolute atomic E-state index is 0.168. The normalized spacial score (nSPS) is 30.3. The summed E-state index contributed by atoms with van der Waals surface area (Å²) in [7, 11) is 0. The van der Waals surface area contributed by atoms with Gasteiger partial charge >= 0.3 is 0 Å². The first-order valence-corrected chi connectivity index (χ1v) is 6.83. The quantitative estimate of drug-likeness (QED) is 0.784. The lowest BCUT2D eigenvalue weighted by Crippen LogP contribution is -2.53. The smallest absolute Gasteiger partial charge is 0.239 e. The molecule has 0 aromatic carbocycles. The SMILES string of the molecule is CCN1CC2CC1CN2C(=O)[C@@H](N)CC(C)C. The molecule has 2 aliphatic rings. The molecule has 2 N–H and O–H groups in total. The van der Waals surface area contributed by atoms with Gasteiger partial charge in [-0.05, 0) is 25.3 Å². The van der Waals surface area contributed by atoms with Gasteiger partial charge in [0.25, 0.3) is 0 Å². The number of fused-ring (bicyclic) bond motifs is 2. The van der Waals surface area contributed by atoms with Crippen LogP contribution in [0.2, 0.25) is 0 Å². The molecule has 4 heteroatoms. The minimum Gasteiger partial charge on any atom is -0.335 e. The Morgan fingerprint density at radius 1 is 1.35 bits per heavy atom. The average molecular weight is 239 g/mol. The third-order valence-corrected chi connectivity index (χ3v) is 4.09. The third-order valence-electron chi connectivity index (χ3n) is 4.09. The van der Waals surface area contributed by atoms with E-state index in [4.69, 9.17) is 5.73 Å². The van der Waals surface area contributed by atoms with Crippen molar-refractivity contribution in [3.63, 3.8) is 0 Å². The molecule has 0 aromatic heterocycles. The van der Waals surface area contributed by atoms with E-state index < -0.39 is 0 Å². The van der Waals surface area contributed by atoms with Crippen LogP contribution in [0.1, 0.15) is 33.6 Å². The number of nitrogens with zero attached hydrogens (tertiary/aromatic N) is 2. The van der Waals surface area contributed by atoms with Crippen molar-refractivity contribution in [2.24, 2.45) is 11.7 Å². The van der Waals surface area contributed by atoms with E-state index >= 15 is 0 Å². The molecule has 0 aliphatic carbocycles. The Hall–Kier alpha value is -0.610. The van der Waals surface area contributed by atoms with Crippen LogP contribution in [0, 0.1) is 5.92 Å². The zero-order chi connectivity index (χ0) is 12.6. The number of amides is 1. The lowest BCUT2D eigenvalue weighted by Gasteiger charge is -2.35. The number of carbonyl (C=O) groups excluding carboxylic acids is 1. The van der Waals surface area contributed by atoms with Gasteiger partial charge in [-0.15, -0.1) is 0 Å². The summed E-state index contributed by atoms with van der Waals surface area (Å²) >= 11 is 0. The number of nitrogens with two attached hydrogens (primary N) is 1. The summed E-state index contributed by atoms with van der Waals surface area (Å²) in [5.41, 5.74) is 5.99. The van der Waals surface area contributed by atoms with Gasteiger partial charge in [0.15, 0.2) is 0 Å². The van der Waals surface area contributed by atoms with Crippen LogP contribution >= 0.6 is 0 Å². The Kier molecular flexibility index (Phi) is 3.73. The first-order chi connectivity index (χ1) is 8.02. The summed E-state index contributed by atoms with van der Waals surface area (Å²) in [6.07, 6.45) is 1.94. The maximum Gasteiger partial charge on any atom is 0.239 e. The number of rotatable bonds is 4. The van der Waals surface area contributed by atoms with E-state index in [0.29, 0.717) is 18.0 Å². The van der Waals surface area contributed by atoms with Gasteiger partial charge in [-0.2, -0.15) is 0 Å². The predicted octanol–water partition coefficient (Wildman–Crippen LogP) is 0.665. The molecule has 2 aliphatic heterocycles. The fourth-order valence-electron chi connectivity index (χ4n) is 3.23. The van der Waals surface area contributed by atoms with Crippen molar-refractivity contribution in [3.8, 4) is 0 Å². The Bertz CT molecular complexity index is 292. The highest BCUT2D eigenvalue weighted by molar-refractivity contribution is 5.82. The number of likely N-dealkylation sites (tertiary alicyclic amines) is 2. The third kappa shape index (κ3) is 2.47. The van der Waals surface area contributed by atoms with Crippen LogP contribution in [0.4, 0.5) is 0 Å². The van der Waals surface area contributed by atoms with Crippen LogP contribution in [0.25, 0.3) is 0 Å². The van der Waals surface area contributed by atoms with E-state index in [1.807, 2.05) is 4.90 Å². The molecule has 2 unspecified atom stereocenters. The van der Waals surface area contributed by atoms with Crippen molar-refractivity contribution in [1.82, 2.24) is 9.80 Å². The van der Waals surface area contributed by atoms with Crippen molar-refractivity contribution in [3.05, 3.63) is 0 Å². The van der Waals surface area contributed by atoms with Crippen LogP contribution in [-0.4, -0.2) is 53.5 Å². The summed E-state index contributed by atoms with van der Waals surface area (Å²) in [4.78, 5) is 16.8. The highest BCUT2D eigenvalue weighted by Gasteiger charge is 2.45. The Labute approximate surface area is 104 Å². The molecule has 0 spiro atoms. The first-order valence-electron chi connectivity index (χ1n) is 6.83. The molecule has 2 saturated heterocycles. The topological polar surface area (TPSA) is 49.6 Å². The van der Waals surface area contributed by atoms with Crippen molar-refractivity contribution < 1.29 is 4.79 Å². The molecular weight excluding hydrogens is 214 g/mol. The van der Waals surface area contributed by atoms with Gasteiger partial charge in [-0.3, -0.25) is 9.69 Å². The Balaban J connectivity index is 1.91. The summed E-state index contributed by atoms with van der Waals surface area (Å²) in [5, 5.41) is 0. The van der Waals surface area contributed by atoms with E-state index in [9.17, 15) is 4.79 Å². The van der Waals surface area contributed by atoms with Crippen LogP contribution in [-0.2, 0) is 4.79 Å². The van der Waals surface area contributed by atoms with Gasteiger partial charge in [-0.25, -0.2) is 0 Å². The van der Waals surface area contributed by atoms with Crippen LogP contribution < -0.4 is 5.73 Å². The predicted molar refractivity (Wildman–Crippen MR) is 68.6 cm³/mol. The molecule has 0 aromatic rings. The Morgan fingerprint density at radius 2 is 2.06 bits per heavy atom. The van der Waals surface area contributed by atoms with Gasteiger partial charge in [0.1, 0.15) is 0 Å². The monoisotopic (exact) mass is 239 g/mol. The average Bonchev–Trinajstić information content (AvgIpc) is 2.85. The molecule has 2 rings (SSSR count). The Morgan fingerprint density at radius 3 is 2.53 bits per heavy atom. The lowest BCUT2D eigenvalue weighted by molar-refractivity contribution is -0.135. The first kappa shape index (κ1) is 12.8. The zero-order valence-corrected chi connectivity index (χ0v) is 11.2. The van der Waals surface area contributed by atoms with Crippen molar-refractivity contribution in [2.75, 3.05) is 19.6 Å². The molecular formula is C13H25N3O. The maximum absolute atomic E-state index is 12.2. The minimum atomic E-state index is -0.301. The van der Waals surface area contributed by atoms with E-state index in [-0.39, 0.29) is 11.9 Å². The molecule has 2 heterocycles. The fourth-order valence-corrected chi connectivity index (χ4v) is 3.23. The second-order valence-corrected chi connectivity index (χ2v) is 5.86. The van der Waals surface area contributed by atoms with Gasteiger partial charge < -0.3 is 10.6 Å². The number of piperazine rings is 1. The molecule has 0 radical (unpaired) electrons. The second kappa shape index (κ2) is 4.94. The van der Waals surface area contributed by atoms with Gasteiger partial charge in [0.2, 0.25) is 5.91 Å². The molecule has 17 heavy (non-hydrogen) atoms. The highest BCUT2D eigenvalue weighted by atomic mass is 16.2. The second-order valence-electron chi connectivity index (χ2n) is 5.86. The number of likely N-dealkylation sites (N-methyl/N-ethyl adjacent to an activating group) is 1. The van der Waals surface area contributed by atoms with Crippen LogP contribution in [0.5, 0.6) is 0 Å². The molecule has 4 nitrogen and oxygen atoms in total. The van der Waals surface area contributed by atoms with Gasteiger partial charge in [0, 0.05) is 25.2 Å². The summed E-state index contributed by atoms with van der Waals surface area (Å²) < 4.78 is 0. The highest BCUT2D eigenvalue weighted by Crippen LogP contribution is 2.30. The molecule has 0 saturated carbocycles. The molecule has 1 amide bonds. The summed E-state index contributed by atoms with van der Waals surface area (Å²) in [6.45, 7) is 9.45. The summed E-state index contributed by atoms with van der Waals surface area (Å²) in [5.74, 6) is 0.655. The van der Waals surface area contributed by atoms with E-state index in [1.165, 1.54) is 0 Å². The van der Waals surface area contributed by atoms with E-state index in [1.54, 1.807) is 0 Å². The van der Waals surface area contributed by atoms with Crippen molar-refractivity contribution in [1.29, 1.82) is 0 Å². The summed E-state index contributed by atoms with van der Waals surface area (Å²) in [6, 6.07) is 0.704. The van der Waals surface area contributed by atoms with Gasteiger partial charge in [-0.1, -0.05) is 20.8 Å². The van der Waals surface area contributed by atoms with Crippen LogP contribution in [0.15, 0.2) is 0 Å². The lowest BCUT2D eigenvalue weighted by atomic mass is 10.0. The fraction of sp³-hybridized carbons (Fsp3) is 0.923. The van der Waals surface area contributed by atoms with Crippen molar-refractivity contribution >= 4 is 5.91 Å². The molecule has 2 bridgehead atoms. The standard InChI is InChI=1S/C13H25N3O/c1-4-15-7-11-6-10(15)8-16(11)13(17)12(14)5-9(2)3/h9-12H,4-8,14H2,1-3H3/t10?,11?,12-/m0/s1. The zero-order valence-electron chi connectivity index (χ0n) is 11.2. The number of hydrogen-bond donors (Lipinski definition) is 1. The van der Waals surface area contributed by atoms with Crippen molar-refractivity contribution in [2.45, 2.75) is 51.7 Å². The van der Waals surface area contributed by atoms with Gasteiger partial charge in [0.05, 0.1) is 6.04 Å². The maximum atomic E-state index is 12.2. The molecule has 3 atom stereocenters. The molecule has 98 valence electrons. The van der Waals surface area contributed by atoms with E-state index in [2.05, 4.69) is 25.7 Å².